The fourth-order valence-electron chi connectivity index (χ4n) is 9.03. The largest absolute Gasteiger partial charge is 0.228 e. The molecule has 9 aromatic rings. The molecule has 8 aromatic carbocycles. The first-order valence-corrected chi connectivity index (χ1v) is 17.6. The zero-order chi connectivity index (χ0) is 33.5. The van der Waals surface area contributed by atoms with Crippen LogP contribution in [0.2, 0.25) is 0 Å². The maximum atomic E-state index is 5.44. The zero-order valence-electron chi connectivity index (χ0n) is 27.7. The molecule has 0 saturated heterocycles. The summed E-state index contributed by atoms with van der Waals surface area (Å²) < 4.78 is 0. The normalized spacial score (nSPS) is 13.3. The van der Waals surface area contributed by atoms with Crippen LogP contribution in [0.3, 0.4) is 0 Å². The van der Waals surface area contributed by atoms with Gasteiger partial charge in [0.25, 0.3) is 0 Å². The average molecular weight is 647 g/mol. The number of rotatable bonds is 3. The summed E-state index contributed by atoms with van der Waals surface area (Å²) in [6, 6.07) is 65.9. The quantitative estimate of drug-likeness (QED) is 0.191. The molecule has 2 heteroatoms. The molecular weight excluding hydrogens is 617 g/mol. The van der Waals surface area contributed by atoms with Crippen molar-refractivity contribution in [2.45, 2.75) is 5.41 Å². The first-order chi connectivity index (χ1) is 25.3. The highest BCUT2D eigenvalue weighted by Gasteiger charge is 2.52. The average Bonchev–Trinajstić information content (AvgIpc) is 3.68. The molecule has 0 bridgehead atoms. The fraction of sp³-hybridized carbons (Fsp3) is 0.0204. The summed E-state index contributed by atoms with van der Waals surface area (Å²) in [5, 5.41) is 3.54. The molecule has 0 amide bonds. The Morgan fingerprint density at radius 1 is 0.333 bits per heavy atom. The maximum absolute atomic E-state index is 5.44. The van der Waals surface area contributed by atoms with Gasteiger partial charge in [0.2, 0.25) is 0 Å². The van der Waals surface area contributed by atoms with Crippen molar-refractivity contribution < 1.29 is 0 Å². The van der Waals surface area contributed by atoms with E-state index in [1.807, 2.05) is 0 Å². The molecule has 0 saturated carbocycles. The second-order valence-corrected chi connectivity index (χ2v) is 13.6. The third-order valence-electron chi connectivity index (χ3n) is 11.1. The minimum atomic E-state index is -0.410. The van der Waals surface area contributed by atoms with E-state index in [4.69, 9.17) is 9.97 Å². The molecule has 0 unspecified atom stereocenters. The molecule has 51 heavy (non-hydrogen) atoms. The van der Waals surface area contributed by atoms with Gasteiger partial charge in [-0.1, -0.05) is 176 Å². The van der Waals surface area contributed by atoms with Crippen LogP contribution in [0.4, 0.5) is 0 Å². The van der Waals surface area contributed by atoms with Gasteiger partial charge in [-0.05, 0) is 72.5 Å². The van der Waals surface area contributed by atoms with Crippen LogP contribution in [0, 0.1) is 0 Å². The molecule has 0 N–H and O–H groups in total. The van der Waals surface area contributed by atoms with Gasteiger partial charge in [0.1, 0.15) is 0 Å². The van der Waals surface area contributed by atoms with Gasteiger partial charge < -0.3 is 0 Å². The van der Waals surface area contributed by atoms with E-state index in [1.54, 1.807) is 0 Å². The van der Waals surface area contributed by atoms with Gasteiger partial charge in [0.15, 0.2) is 5.82 Å². The molecular formula is C49H30N2. The van der Waals surface area contributed by atoms with Gasteiger partial charge in [0, 0.05) is 16.5 Å². The van der Waals surface area contributed by atoms with Crippen molar-refractivity contribution in [2.75, 3.05) is 0 Å². The minimum absolute atomic E-state index is 0.410. The monoisotopic (exact) mass is 646 g/mol. The van der Waals surface area contributed by atoms with Gasteiger partial charge in [-0.15, -0.1) is 0 Å². The van der Waals surface area contributed by atoms with Crippen LogP contribution in [-0.2, 0) is 5.41 Å². The Morgan fingerprint density at radius 2 is 0.843 bits per heavy atom. The third-order valence-corrected chi connectivity index (χ3v) is 11.1. The summed E-state index contributed by atoms with van der Waals surface area (Å²) in [6.45, 7) is 0. The number of fused-ring (bicyclic) bond motifs is 12. The van der Waals surface area contributed by atoms with Crippen molar-refractivity contribution in [3.8, 4) is 56.0 Å². The summed E-state index contributed by atoms with van der Waals surface area (Å²) in [5.74, 6) is 0.741. The van der Waals surface area contributed by atoms with Crippen molar-refractivity contribution in [2.24, 2.45) is 0 Å². The van der Waals surface area contributed by atoms with E-state index in [1.165, 1.54) is 66.4 Å². The molecule has 1 heterocycles. The molecule has 2 aliphatic rings. The molecule has 2 nitrogen and oxygen atoms in total. The maximum Gasteiger partial charge on any atom is 0.161 e. The predicted octanol–water partition coefficient (Wildman–Crippen LogP) is 12.1. The van der Waals surface area contributed by atoms with Crippen LogP contribution < -0.4 is 0 Å². The summed E-state index contributed by atoms with van der Waals surface area (Å²) in [7, 11) is 0. The smallest absolute Gasteiger partial charge is 0.161 e. The SMILES string of the molecule is c1ccc2c(c1)-c1ccccc1C21c2ccccc2-c2c(-c3nc(-c4ccc(-c5cccc6ccccc56)cc4)c4ccccc4n3)cccc21. The second-order valence-electron chi connectivity index (χ2n) is 13.6. The van der Waals surface area contributed by atoms with Crippen molar-refractivity contribution in [1.82, 2.24) is 9.97 Å². The molecule has 0 radical (unpaired) electrons. The Balaban J connectivity index is 1.13. The summed E-state index contributed by atoms with van der Waals surface area (Å²) in [6.07, 6.45) is 0. The minimum Gasteiger partial charge on any atom is -0.228 e. The molecule has 236 valence electrons. The van der Waals surface area contributed by atoms with E-state index >= 15 is 0 Å². The number of aromatic nitrogens is 2. The Labute approximate surface area is 296 Å². The lowest BCUT2D eigenvalue weighted by Crippen LogP contribution is -2.25. The lowest BCUT2D eigenvalue weighted by molar-refractivity contribution is 0.794. The van der Waals surface area contributed by atoms with E-state index < -0.39 is 5.41 Å². The summed E-state index contributed by atoms with van der Waals surface area (Å²) >= 11 is 0. The second kappa shape index (κ2) is 10.7. The lowest BCUT2D eigenvalue weighted by atomic mass is 9.70. The molecule has 0 aliphatic heterocycles. The van der Waals surface area contributed by atoms with Gasteiger partial charge in [-0.25, -0.2) is 9.97 Å². The highest BCUT2D eigenvalue weighted by Crippen LogP contribution is 2.63. The summed E-state index contributed by atoms with van der Waals surface area (Å²) in [5.41, 5.74) is 16.3. The molecule has 11 rings (SSSR count). The van der Waals surface area contributed by atoms with E-state index in [9.17, 15) is 0 Å². The Kier molecular flexibility index (Phi) is 5.91. The van der Waals surface area contributed by atoms with Crippen LogP contribution in [0.5, 0.6) is 0 Å². The first-order valence-electron chi connectivity index (χ1n) is 17.6. The third kappa shape index (κ3) is 3.87. The fourth-order valence-corrected chi connectivity index (χ4v) is 9.03. The predicted molar refractivity (Wildman–Crippen MR) is 210 cm³/mol. The molecule has 0 fully saturated rings. The molecule has 1 aromatic heterocycles. The van der Waals surface area contributed by atoms with Crippen LogP contribution in [0.1, 0.15) is 22.3 Å². The molecule has 0 atom stereocenters. The van der Waals surface area contributed by atoms with Crippen LogP contribution in [0.25, 0.3) is 77.7 Å². The van der Waals surface area contributed by atoms with Crippen molar-refractivity contribution in [1.29, 1.82) is 0 Å². The van der Waals surface area contributed by atoms with Gasteiger partial charge in [-0.3, -0.25) is 0 Å². The standard InChI is InChI=1S/C49H30N2/c1-2-15-34-31(13-1)14-11-20-35(34)32-27-29-33(30-28-32)47-39-19-6-10-26-45(39)50-48(51-47)40-21-12-25-44-46(40)38-18-5-9-24-43(38)49(44)41-22-7-3-16-36(41)37-17-4-8-23-42(37)49/h1-30H. The molecule has 2 aliphatic carbocycles. The number of hydrogen-bond donors (Lipinski definition) is 0. The van der Waals surface area contributed by atoms with E-state index in [-0.39, 0.29) is 0 Å². The van der Waals surface area contributed by atoms with Gasteiger partial charge >= 0.3 is 0 Å². The summed E-state index contributed by atoms with van der Waals surface area (Å²) in [4.78, 5) is 10.7. The van der Waals surface area contributed by atoms with Crippen LogP contribution >= 0.6 is 0 Å². The van der Waals surface area contributed by atoms with E-state index in [0.717, 1.165) is 33.5 Å². The van der Waals surface area contributed by atoms with Gasteiger partial charge in [-0.2, -0.15) is 0 Å². The lowest BCUT2D eigenvalue weighted by Gasteiger charge is -2.30. The number of para-hydroxylation sites is 1. The molecule has 1 spiro atoms. The number of nitrogens with zero attached hydrogens (tertiary/aromatic N) is 2. The highest BCUT2D eigenvalue weighted by atomic mass is 14.9. The zero-order valence-corrected chi connectivity index (χ0v) is 27.7. The van der Waals surface area contributed by atoms with Crippen molar-refractivity contribution in [3.05, 3.63) is 204 Å². The van der Waals surface area contributed by atoms with E-state index in [0.29, 0.717) is 0 Å². The van der Waals surface area contributed by atoms with Crippen LogP contribution in [0.15, 0.2) is 182 Å². The topological polar surface area (TPSA) is 25.8 Å². The van der Waals surface area contributed by atoms with Crippen molar-refractivity contribution in [3.63, 3.8) is 0 Å². The number of benzene rings is 8. The number of hydrogen-bond acceptors (Lipinski definition) is 2. The Bertz CT molecular complexity index is 2810. The van der Waals surface area contributed by atoms with Crippen LogP contribution in [-0.4, -0.2) is 9.97 Å². The highest BCUT2D eigenvalue weighted by molar-refractivity contribution is 6.01. The first kappa shape index (κ1) is 28.2. The van der Waals surface area contributed by atoms with Crippen molar-refractivity contribution >= 4 is 21.7 Å². The Hall–Kier alpha value is -6.64. The van der Waals surface area contributed by atoms with E-state index in [2.05, 4.69) is 182 Å². The van der Waals surface area contributed by atoms with Gasteiger partial charge in [0.05, 0.1) is 16.6 Å². The Morgan fingerprint density at radius 3 is 1.61 bits per heavy atom.